The van der Waals surface area contributed by atoms with Crippen LogP contribution in [-0.2, 0) is 0 Å². The highest BCUT2D eigenvalue weighted by molar-refractivity contribution is 5.90. The van der Waals surface area contributed by atoms with Crippen molar-refractivity contribution in [2.24, 2.45) is 0 Å². The number of nitrogens with one attached hydrogen (secondary N) is 1. The Morgan fingerprint density at radius 1 is 1.10 bits per heavy atom. The van der Waals surface area contributed by atoms with Gasteiger partial charge in [0.15, 0.2) is 0 Å². The number of hydrogen-bond donors (Lipinski definition) is 1. The third-order valence-electron chi connectivity index (χ3n) is 5.19. The van der Waals surface area contributed by atoms with Gasteiger partial charge in [-0.2, -0.15) is 4.98 Å². The zero-order valence-electron chi connectivity index (χ0n) is 17.6. The largest absolute Gasteiger partial charge is 0.497 e. The molecule has 1 unspecified atom stereocenters. The van der Waals surface area contributed by atoms with Crippen LogP contribution in [0.5, 0.6) is 17.2 Å². The molecule has 2 amide bonds. The summed E-state index contributed by atoms with van der Waals surface area (Å²) in [6.07, 6.45) is 1.58. The fourth-order valence-electron chi connectivity index (χ4n) is 3.65. The number of likely N-dealkylation sites (tertiary alicyclic amines) is 1. The molecule has 31 heavy (non-hydrogen) atoms. The van der Waals surface area contributed by atoms with E-state index in [1.165, 1.54) is 0 Å². The van der Waals surface area contributed by atoms with Gasteiger partial charge in [-0.05, 0) is 25.0 Å². The van der Waals surface area contributed by atoms with E-state index >= 15 is 0 Å². The maximum absolute atomic E-state index is 13.0. The molecule has 0 bridgehead atoms. The van der Waals surface area contributed by atoms with Gasteiger partial charge in [-0.1, -0.05) is 17.3 Å². The molecular weight excluding hydrogens is 400 g/mol. The molecule has 3 aromatic rings. The summed E-state index contributed by atoms with van der Waals surface area (Å²) in [6.45, 7) is 0.587. The van der Waals surface area contributed by atoms with Gasteiger partial charge < -0.3 is 29.0 Å². The highest BCUT2D eigenvalue weighted by atomic mass is 16.5. The molecule has 1 atom stereocenters. The van der Waals surface area contributed by atoms with E-state index in [0.29, 0.717) is 41.2 Å². The third kappa shape index (κ3) is 4.25. The number of ether oxygens (including phenoxy) is 3. The van der Waals surface area contributed by atoms with Gasteiger partial charge in [-0.25, -0.2) is 4.79 Å². The van der Waals surface area contributed by atoms with Crippen molar-refractivity contribution in [2.45, 2.75) is 18.9 Å². The Morgan fingerprint density at radius 3 is 2.55 bits per heavy atom. The standard InChI is InChI=1S/C22H24N4O5/c1-28-15-11-14(12-16(13-15)29-2)23-22(27)26-10-6-8-18(26)21-24-20(25-31-21)17-7-4-5-9-19(17)30-3/h4-5,7,9,11-13,18H,6,8,10H2,1-3H3,(H,23,27). The molecule has 1 aliphatic heterocycles. The van der Waals surface area contributed by atoms with Gasteiger partial charge in [0.25, 0.3) is 0 Å². The molecule has 1 aliphatic rings. The minimum Gasteiger partial charge on any atom is -0.497 e. The average Bonchev–Trinajstić information content (AvgIpc) is 3.48. The number of carbonyl (C=O) groups excluding carboxylic acids is 1. The van der Waals surface area contributed by atoms with Crippen LogP contribution in [0.25, 0.3) is 11.4 Å². The second-order valence-electron chi connectivity index (χ2n) is 7.04. The average molecular weight is 424 g/mol. The third-order valence-corrected chi connectivity index (χ3v) is 5.19. The molecule has 2 aromatic carbocycles. The summed E-state index contributed by atoms with van der Waals surface area (Å²) in [5.74, 6) is 2.66. The van der Waals surface area contributed by atoms with Crippen molar-refractivity contribution in [1.29, 1.82) is 0 Å². The predicted molar refractivity (Wildman–Crippen MR) is 114 cm³/mol. The summed E-state index contributed by atoms with van der Waals surface area (Å²) >= 11 is 0. The summed E-state index contributed by atoms with van der Waals surface area (Å²) < 4.78 is 21.4. The van der Waals surface area contributed by atoms with E-state index < -0.39 is 0 Å². The molecule has 1 fully saturated rings. The molecule has 1 saturated heterocycles. The van der Waals surface area contributed by atoms with Gasteiger partial charge in [0.1, 0.15) is 23.3 Å². The molecule has 0 spiro atoms. The second kappa shape index (κ2) is 8.95. The van der Waals surface area contributed by atoms with Gasteiger partial charge in [-0.15, -0.1) is 0 Å². The maximum atomic E-state index is 13.0. The first-order valence-electron chi connectivity index (χ1n) is 9.90. The Bertz CT molecular complexity index is 1050. The number of anilines is 1. The van der Waals surface area contributed by atoms with Gasteiger partial charge in [0.05, 0.1) is 26.9 Å². The molecule has 9 heteroatoms. The molecule has 2 heterocycles. The second-order valence-corrected chi connectivity index (χ2v) is 7.04. The van der Waals surface area contributed by atoms with Crippen LogP contribution in [0.1, 0.15) is 24.8 Å². The first kappa shape index (κ1) is 20.5. The van der Waals surface area contributed by atoms with E-state index in [2.05, 4.69) is 15.5 Å². The smallest absolute Gasteiger partial charge is 0.322 e. The topological polar surface area (TPSA) is 99.0 Å². The van der Waals surface area contributed by atoms with E-state index in [-0.39, 0.29) is 12.1 Å². The van der Waals surface area contributed by atoms with Crippen LogP contribution in [-0.4, -0.2) is 48.9 Å². The quantitative estimate of drug-likeness (QED) is 0.635. The lowest BCUT2D eigenvalue weighted by molar-refractivity contribution is 0.193. The van der Waals surface area contributed by atoms with Gasteiger partial charge in [0, 0.05) is 30.4 Å². The lowest BCUT2D eigenvalue weighted by Gasteiger charge is -2.22. The van der Waals surface area contributed by atoms with Crippen molar-refractivity contribution >= 4 is 11.7 Å². The molecule has 9 nitrogen and oxygen atoms in total. The minimum absolute atomic E-state index is 0.255. The fraction of sp³-hybridized carbons (Fsp3) is 0.318. The predicted octanol–water partition coefficient (Wildman–Crippen LogP) is 4.13. The molecule has 4 rings (SSSR count). The first-order valence-corrected chi connectivity index (χ1v) is 9.90. The number of amides is 2. The van der Waals surface area contributed by atoms with E-state index in [1.54, 1.807) is 44.4 Å². The number of benzene rings is 2. The van der Waals surface area contributed by atoms with Crippen LogP contribution >= 0.6 is 0 Å². The van der Waals surface area contributed by atoms with Crippen molar-refractivity contribution in [3.8, 4) is 28.6 Å². The van der Waals surface area contributed by atoms with Gasteiger partial charge >= 0.3 is 6.03 Å². The Hall–Kier alpha value is -3.75. The molecule has 0 aliphatic carbocycles. The Kier molecular flexibility index (Phi) is 5.92. The number of aromatic nitrogens is 2. The molecular formula is C22H24N4O5. The van der Waals surface area contributed by atoms with Crippen LogP contribution in [0.3, 0.4) is 0 Å². The van der Waals surface area contributed by atoms with Crippen molar-refractivity contribution in [1.82, 2.24) is 15.0 Å². The summed E-state index contributed by atoms with van der Waals surface area (Å²) in [4.78, 5) is 19.2. The van der Waals surface area contributed by atoms with Crippen LogP contribution < -0.4 is 19.5 Å². The Labute approximate surface area is 179 Å². The van der Waals surface area contributed by atoms with Crippen LogP contribution in [0.2, 0.25) is 0 Å². The highest BCUT2D eigenvalue weighted by Crippen LogP contribution is 2.34. The van der Waals surface area contributed by atoms with Gasteiger partial charge in [-0.3, -0.25) is 0 Å². The van der Waals surface area contributed by atoms with E-state index in [4.69, 9.17) is 18.7 Å². The number of para-hydroxylation sites is 1. The van der Waals surface area contributed by atoms with Crippen LogP contribution in [0.15, 0.2) is 47.0 Å². The lowest BCUT2D eigenvalue weighted by Crippen LogP contribution is -2.34. The Balaban J connectivity index is 1.53. The number of hydrogen-bond acceptors (Lipinski definition) is 7. The zero-order valence-corrected chi connectivity index (χ0v) is 17.6. The summed E-state index contributed by atoms with van der Waals surface area (Å²) in [6, 6.07) is 12.1. The van der Waals surface area contributed by atoms with Gasteiger partial charge in [0.2, 0.25) is 11.7 Å². The highest BCUT2D eigenvalue weighted by Gasteiger charge is 2.34. The lowest BCUT2D eigenvalue weighted by atomic mass is 10.2. The van der Waals surface area contributed by atoms with Crippen LogP contribution in [0.4, 0.5) is 10.5 Å². The Morgan fingerprint density at radius 2 is 1.84 bits per heavy atom. The van der Waals surface area contributed by atoms with E-state index in [1.807, 2.05) is 24.3 Å². The van der Waals surface area contributed by atoms with Crippen molar-refractivity contribution in [3.05, 3.63) is 48.4 Å². The SMILES string of the molecule is COc1cc(NC(=O)N2CCCC2c2nc(-c3ccccc3OC)no2)cc(OC)c1. The number of urea groups is 1. The normalized spacial score (nSPS) is 15.6. The van der Waals surface area contributed by atoms with E-state index in [0.717, 1.165) is 18.4 Å². The summed E-state index contributed by atoms with van der Waals surface area (Å²) in [5.41, 5.74) is 1.31. The molecule has 1 N–H and O–H groups in total. The number of methoxy groups -OCH3 is 3. The molecule has 0 saturated carbocycles. The first-order chi connectivity index (χ1) is 15.1. The van der Waals surface area contributed by atoms with Crippen LogP contribution in [0, 0.1) is 0 Å². The fourth-order valence-corrected chi connectivity index (χ4v) is 3.65. The number of nitrogens with zero attached hydrogens (tertiary/aromatic N) is 3. The molecule has 1 aromatic heterocycles. The summed E-state index contributed by atoms with van der Waals surface area (Å²) in [5, 5.41) is 7.01. The van der Waals surface area contributed by atoms with Crippen molar-refractivity contribution < 1.29 is 23.5 Å². The monoisotopic (exact) mass is 424 g/mol. The number of carbonyl (C=O) groups is 1. The zero-order chi connectivity index (χ0) is 21.8. The van der Waals surface area contributed by atoms with E-state index in [9.17, 15) is 4.79 Å². The molecule has 0 radical (unpaired) electrons. The minimum atomic E-state index is -0.302. The molecule has 162 valence electrons. The van der Waals surface area contributed by atoms with Crippen molar-refractivity contribution in [3.63, 3.8) is 0 Å². The van der Waals surface area contributed by atoms with Crippen molar-refractivity contribution in [2.75, 3.05) is 33.2 Å². The summed E-state index contributed by atoms with van der Waals surface area (Å²) in [7, 11) is 4.72. The number of rotatable bonds is 6. The maximum Gasteiger partial charge on any atom is 0.322 e.